The van der Waals surface area contributed by atoms with Gasteiger partial charge in [-0.25, -0.2) is 0 Å². The summed E-state index contributed by atoms with van der Waals surface area (Å²) < 4.78 is 8.68. The van der Waals surface area contributed by atoms with Crippen LogP contribution in [0.15, 0.2) is 174 Å². The first-order valence-electron chi connectivity index (χ1n) is 15.3. The molecule has 0 bridgehead atoms. The summed E-state index contributed by atoms with van der Waals surface area (Å²) in [6, 6.07) is 60.2. The zero-order valence-electron chi connectivity index (χ0n) is 24.5. The lowest BCUT2D eigenvalue weighted by Gasteiger charge is -2.26. The summed E-state index contributed by atoms with van der Waals surface area (Å²) in [5.41, 5.74) is 11.0. The number of aromatic nitrogens is 1. The van der Waals surface area contributed by atoms with E-state index in [1.165, 1.54) is 32.9 Å². The van der Waals surface area contributed by atoms with Gasteiger partial charge in [-0.05, 0) is 77.9 Å². The number of furan rings is 1. The summed E-state index contributed by atoms with van der Waals surface area (Å²) in [4.78, 5) is 2.35. The Kier molecular flexibility index (Phi) is 5.82. The molecule has 0 saturated heterocycles. The van der Waals surface area contributed by atoms with Gasteiger partial charge in [-0.3, -0.25) is 0 Å². The molecule has 3 nitrogen and oxygen atoms in total. The standard InChI is InChI=1S/C42H28N2O/c1-3-12-29(13-4-1)30-22-24-32(25-23-30)44-37-18-9-7-16-34(37)36-28-33(26-27-38(36)44)43(31-14-5-2-6-15-31)39-19-11-21-41-42(39)35-17-8-10-20-40(35)45-41/h1-28H. The quantitative estimate of drug-likeness (QED) is 0.203. The molecule has 0 fully saturated rings. The van der Waals surface area contributed by atoms with E-state index in [0.29, 0.717) is 0 Å². The fraction of sp³-hybridized carbons (Fsp3) is 0. The molecule has 2 aromatic heterocycles. The third-order valence-corrected chi connectivity index (χ3v) is 8.78. The molecule has 0 saturated carbocycles. The second kappa shape index (κ2) is 10.3. The molecule has 0 spiro atoms. The lowest BCUT2D eigenvalue weighted by molar-refractivity contribution is 0.669. The maximum absolute atomic E-state index is 6.30. The van der Waals surface area contributed by atoms with Crippen LogP contribution in [-0.2, 0) is 0 Å². The molecule has 0 radical (unpaired) electrons. The highest BCUT2D eigenvalue weighted by Gasteiger charge is 2.21. The summed E-state index contributed by atoms with van der Waals surface area (Å²) in [6.07, 6.45) is 0. The zero-order valence-corrected chi connectivity index (χ0v) is 24.5. The van der Waals surface area contributed by atoms with Crippen molar-refractivity contribution in [2.75, 3.05) is 4.90 Å². The zero-order chi connectivity index (χ0) is 29.7. The van der Waals surface area contributed by atoms with Crippen LogP contribution in [0.1, 0.15) is 0 Å². The van der Waals surface area contributed by atoms with Gasteiger partial charge in [-0.1, -0.05) is 103 Å². The van der Waals surface area contributed by atoms with Crippen molar-refractivity contribution < 1.29 is 4.42 Å². The maximum atomic E-state index is 6.30. The highest BCUT2D eigenvalue weighted by molar-refractivity contribution is 6.14. The van der Waals surface area contributed by atoms with Crippen LogP contribution < -0.4 is 4.90 Å². The second-order valence-corrected chi connectivity index (χ2v) is 11.4. The average Bonchev–Trinajstić information content (AvgIpc) is 3.66. The summed E-state index contributed by atoms with van der Waals surface area (Å²) in [5, 5.41) is 4.65. The summed E-state index contributed by atoms with van der Waals surface area (Å²) in [5.74, 6) is 0. The number of rotatable bonds is 5. The Bertz CT molecular complexity index is 2470. The Morgan fingerprint density at radius 1 is 0.422 bits per heavy atom. The smallest absolute Gasteiger partial charge is 0.137 e. The fourth-order valence-corrected chi connectivity index (χ4v) is 6.76. The third kappa shape index (κ3) is 4.13. The Labute approximate surface area is 260 Å². The van der Waals surface area contributed by atoms with E-state index in [-0.39, 0.29) is 0 Å². The minimum absolute atomic E-state index is 0.881. The van der Waals surface area contributed by atoms with Gasteiger partial charge in [-0.2, -0.15) is 0 Å². The Morgan fingerprint density at radius 2 is 1.07 bits per heavy atom. The van der Waals surface area contributed by atoms with Gasteiger partial charge < -0.3 is 13.9 Å². The van der Waals surface area contributed by atoms with Crippen molar-refractivity contribution in [3.05, 3.63) is 170 Å². The molecule has 0 N–H and O–H groups in total. The molecule has 9 rings (SSSR count). The van der Waals surface area contributed by atoms with Crippen LogP contribution in [0.25, 0.3) is 60.6 Å². The molecule has 7 aromatic carbocycles. The molecule has 0 aliphatic heterocycles. The summed E-state index contributed by atoms with van der Waals surface area (Å²) in [7, 11) is 0. The lowest BCUT2D eigenvalue weighted by Crippen LogP contribution is -2.10. The van der Waals surface area contributed by atoms with Crippen molar-refractivity contribution in [2.45, 2.75) is 0 Å². The highest BCUT2D eigenvalue weighted by Crippen LogP contribution is 2.44. The first-order chi connectivity index (χ1) is 22.3. The summed E-state index contributed by atoms with van der Waals surface area (Å²) in [6.45, 7) is 0. The van der Waals surface area contributed by atoms with Crippen LogP contribution in [-0.4, -0.2) is 4.57 Å². The summed E-state index contributed by atoms with van der Waals surface area (Å²) >= 11 is 0. The predicted octanol–water partition coefficient (Wildman–Crippen LogP) is 11.8. The fourth-order valence-electron chi connectivity index (χ4n) is 6.76. The average molecular weight is 577 g/mol. The van der Waals surface area contributed by atoms with E-state index in [0.717, 1.165) is 44.7 Å². The largest absolute Gasteiger partial charge is 0.456 e. The molecular weight excluding hydrogens is 548 g/mol. The second-order valence-electron chi connectivity index (χ2n) is 11.4. The van der Waals surface area contributed by atoms with Crippen molar-refractivity contribution in [1.29, 1.82) is 0 Å². The van der Waals surface area contributed by atoms with E-state index in [2.05, 4.69) is 167 Å². The number of nitrogens with zero attached hydrogens (tertiary/aromatic N) is 2. The van der Waals surface area contributed by atoms with Gasteiger partial charge in [0.1, 0.15) is 11.2 Å². The van der Waals surface area contributed by atoms with E-state index in [1.54, 1.807) is 0 Å². The van der Waals surface area contributed by atoms with Crippen LogP contribution in [0.5, 0.6) is 0 Å². The van der Waals surface area contributed by atoms with Gasteiger partial charge in [0, 0.05) is 33.2 Å². The Balaban J connectivity index is 1.26. The van der Waals surface area contributed by atoms with Crippen molar-refractivity contribution in [1.82, 2.24) is 4.57 Å². The van der Waals surface area contributed by atoms with E-state index in [4.69, 9.17) is 4.42 Å². The highest BCUT2D eigenvalue weighted by atomic mass is 16.3. The lowest BCUT2D eigenvalue weighted by atomic mass is 10.1. The molecule has 0 unspecified atom stereocenters. The molecule has 0 amide bonds. The van der Waals surface area contributed by atoms with E-state index >= 15 is 0 Å². The van der Waals surface area contributed by atoms with Crippen molar-refractivity contribution >= 4 is 60.8 Å². The van der Waals surface area contributed by atoms with Crippen molar-refractivity contribution in [3.63, 3.8) is 0 Å². The third-order valence-electron chi connectivity index (χ3n) is 8.78. The van der Waals surface area contributed by atoms with Crippen LogP contribution in [0.4, 0.5) is 17.1 Å². The van der Waals surface area contributed by atoms with Crippen LogP contribution in [0.2, 0.25) is 0 Å². The normalized spacial score (nSPS) is 11.6. The molecule has 2 heterocycles. The minimum Gasteiger partial charge on any atom is -0.456 e. The molecule has 9 aromatic rings. The van der Waals surface area contributed by atoms with Gasteiger partial charge in [0.15, 0.2) is 0 Å². The van der Waals surface area contributed by atoms with Gasteiger partial charge >= 0.3 is 0 Å². The Hall–Kier alpha value is -6.06. The van der Waals surface area contributed by atoms with Crippen LogP contribution in [0.3, 0.4) is 0 Å². The number of hydrogen-bond acceptors (Lipinski definition) is 2. The van der Waals surface area contributed by atoms with E-state index in [1.807, 2.05) is 12.1 Å². The monoisotopic (exact) mass is 576 g/mol. The molecular formula is C42H28N2O. The predicted molar refractivity (Wildman–Crippen MR) is 188 cm³/mol. The molecule has 0 aliphatic carbocycles. The number of benzene rings is 7. The number of para-hydroxylation sites is 3. The maximum Gasteiger partial charge on any atom is 0.137 e. The SMILES string of the molecule is c1ccc(-c2ccc(-n3c4ccccc4c4cc(N(c5ccccc5)c5cccc6oc7ccccc7c56)ccc43)cc2)cc1. The van der Waals surface area contributed by atoms with E-state index in [9.17, 15) is 0 Å². The van der Waals surface area contributed by atoms with Crippen LogP contribution >= 0.6 is 0 Å². The minimum atomic E-state index is 0.881. The Morgan fingerprint density at radius 3 is 1.89 bits per heavy atom. The number of anilines is 3. The van der Waals surface area contributed by atoms with Crippen molar-refractivity contribution in [3.8, 4) is 16.8 Å². The molecule has 0 aliphatic rings. The van der Waals surface area contributed by atoms with Gasteiger partial charge in [0.2, 0.25) is 0 Å². The number of hydrogen-bond donors (Lipinski definition) is 0. The van der Waals surface area contributed by atoms with Gasteiger partial charge in [-0.15, -0.1) is 0 Å². The van der Waals surface area contributed by atoms with Gasteiger partial charge in [0.25, 0.3) is 0 Å². The van der Waals surface area contributed by atoms with Crippen molar-refractivity contribution in [2.24, 2.45) is 0 Å². The topological polar surface area (TPSA) is 21.3 Å². The molecule has 0 atom stereocenters. The van der Waals surface area contributed by atoms with Gasteiger partial charge in [0.05, 0.1) is 22.1 Å². The molecule has 212 valence electrons. The van der Waals surface area contributed by atoms with Crippen LogP contribution in [0, 0.1) is 0 Å². The molecule has 45 heavy (non-hydrogen) atoms. The first-order valence-corrected chi connectivity index (χ1v) is 15.3. The molecule has 3 heteroatoms. The van der Waals surface area contributed by atoms with E-state index < -0.39 is 0 Å². The first kappa shape index (κ1) is 25.4. The number of fused-ring (bicyclic) bond motifs is 6.